The average molecular weight is 472 g/mol. The van der Waals surface area contributed by atoms with Crippen LogP contribution in [0, 0.1) is 0 Å². The fraction of sp³-hybridized carbons (Fsp3) is 0.227. The number of sulfonamides is 1. The van der Waals surface area contributed by atoms with Crippen LogP contribution in [-0.4, -0.2) is 65.9 Å². The standard InChI is InChI=1S/C22H22ClN5O3S/c1-32(30,31)28-14-12-27(13-15-28)21(29)17-4-8-19(9-5-17)25-22-24-11-10-20(26-22)16-2-6-18(23)7-3-16/h2-11H,12-15H2,1H3,(H,24,25,26). The molecule has 0 atom stereocenters. The lowest BCUT2D eigenvalue weighted by Crippen LogP contribution is -2.50. The SMILES string of the molecule is CS(=O)(=O)N1CCN(C(=O)c2ccc(Nc3nccc(-c4ccc(Cl)cc4)n3)cc2)CC1. The molecule has 0 unspecified atom stereocenters. The topological polar surface area (TPSA) is 95.5 Å². The van der Waals surface area contributed by atoms with Crippen molar-refractivity contribution in [2.75, 3.05) is 37.8 Å². The normalized spacial score (nSPS) is 14.9. The van der Waals surface area contributed by atoms with Crippen LogP contribution in [0.2, 0.25) is 5.02 Å². The summed E-state index contributed by atoms with van der Waals surface area (Å²) in [6, 6.07) is 16.3. The molecular weight excluding hydrogens is 450 g/mol. The third kappa shape index (κ3) is 5.24. The van der Waals surface area contributed by atoms with E-state index in [9.17, 15) is 13.2 Å². The van der Waals surface area contributed by atoms with E-state index in [1.54, 1.807) is 35.4 Å². The molecule has 0 bridgehead atoms. The Bertz CT molecular complexity index is 1210. The van der Waals surface area contributed by atoms with Gasteiger partial charge in [-0.25, -0.2) is 18.4 Å². The average Bonchev–Trinajstić information content (AvgIpc) is 2.79. The van der Waals surface area contributed by atoms with Crippen LogP contribution in [0.5, 0.6) is 0 Å². The molecule has 166 valence electrons. The first-order valence-electron chi connectivity index (χ1n) is 10.00. The zero-order valence-electron chi connectivity index (χ0n) is 17.4. The molecule has 2 aromatic carbocycles. The lowest BCUT2D eigenvalue weighted by molar-refractivity contribution is 0.0698. The van der Waals surface area contributed by atoms with Gasteiger partial charge in [-0.3, -0.25) is 4.79 Å². The summed E-state index contributed by atoms with van der Waals surface area (Å²) in [6.45, 7) is 1.37. The van der Waals surface area contributed by atoms with Gasteiger partial charge in [0, 0.05) is 54.2 Å². The number of aromatic nitrogens is 2. The van der Waals surface area contributed by atoms with Gasteiger partial charge in [0.25, 0.3) is 5.91 Å². The Morgan fingerprint density at radius 1 is 0.969 bits per heavy atom. The van der Waals surface area contributed by atoms with Gasteiger partial charge in [0.2, 0.25) is 16.0 Å². The molecule has 3 aromatic rings. The number of carbonyl (C=O) groups is 1. The highest BCUT2D eigenvalue weighted by Gasteiger charge is 2.26. The van der Waals surface area contributed by atoms with E-state index in [1.165, 1.54) is 10.6 Å². The third-order valence-corrected chi connectivity index (χ3v) is 6.73. The summed E-state index contributed by atoms with van der Waals surface area (Å²) in [5, 5.41) is 3.81. The number of rotatable bonds is 5. The van der Waals surface area contributed by atoms with Crippen molar-refractivity contribution in [3.8, 4) is 11.3 Å². The van der Waals surface area contributed by atoms with Crippen LogP contribution in [-0.2, 0) is 10.0 Å². The number of nitrogens with one attached hydrogen (secondary N) is 1. The van der Waals surface area contributed by atoms with Gasteiger partial charge in [0.15, 0.2) is 0 Å². The highest BCUT2D eigenvalue weighted by Crippen LogP contribution is 2.22. The highest BCUT2D eigenvalue weighted by atomic mass is 35.5. The van der Waals surface area contributed by atoms with Gasteiger partial charge in [-0.05, 0) is 42.5 Å². The van der Waals surface area contributed by atoms with E-state index in [4.69, 9.17) is 11.6 Å². The number of halogens is 1. The summed E-state index contributed by atoms with van der Waals surface area (Å²) in [5.41, 5.74) is 2.98. The smallest absolute Gasteiger partial charge is 0.253 e. The summed E-state index contributed by atoms with van der Waals surface area (Å²) >= 11 is 5.95. The number of nitrogens with zero attached hydrogens (tertiary/aromatic N) is 4. The Morgan fingerprint density at radius 2 is 1.62 bits per heavy atom. The molecule has 1 amide bonds. The van der Waals surface area contributed by atoms with Crippen molar-refractivity contribution >= 4 is 39.2 Å². The molecule has 4 rings (SSSR count). The number of hydrogen-bond acceptors (Lipinski definition) is 6. The van der Waals surface area contributed by atoms with E-state index in [1.807, 2.05) is 30.3 Å². The Morgan fingerprint density at radius 3 is 2.25 bits per heavy atom. The number of benzene rings is 2. The Labute approximate surface area is 191 Å². The minimum atomic E-state index is -3.23. The summed E-state index contributed by atoms with van der Waals surface area (Å²) in [4.78, 5) is 23.2. The molecule has 1 fully saturated rings. The lowest BCUT2D eigenvalue weighted by atomic mass is 10.1. The molecule has 32 heavy (non-hydrogen) atoms. The minimum Gasteiger partial charge on any atom is -0.336 e. The quantitative estimate of drug-likeness (QED) is 0.613. The van der Waals surface area contributed by atoms with E-state index in [0.29, 0.717) is 42.7 Å². The highest BCUT2D eigenvalue weighted by molar-refractivity contribution is 7.88. The molecule has 1 aromatic heterocycles. The molecule has 0 aliphatic carbocycles. The number of hydrogen-bond donors (Lipinski definition) is 1. The number of amides is 1. The van der Waals surface area contributed by atoms with Gasteiger partial charge in [-0.2, -0.15) is 4.31 Å². The van der Waals surface area contributed by atoms with Crippen LogP contribution in [0.15, 0.2) is 60.8 Å². The second kappa shape index (κ2) is 9.23. The van der Waals surface area contributed by atoms with E-state index >= 15 is 0 Å². The first-order valence-corrected chi connectivity index (χ1v) is 12.2. The molecule has 8 nitrogen and oxygen atoms in total. The van der Waals surface area contributed by atoms with E-state index < -0.39 is 10.0 Å². The number of piperazine rings is 1. The van der Waals surface area contributed by atoms with Gasteiger partial charge >= 0.3 is 0 Å². The van der Waals surface area contributed by atoms with Gasteiger partial charge in [0.05, 0.1) is 11.9 Å². The fourth-order valence-corrected chi connectivity index (χ4v) is 4.38. The van der Waals surface area contributed by atoms with Crippen molar-refractivity contribution in [2.24, 2.45) is 0 Å². The zero-order chi connectivity index (χ0) is 22.7. The van der Waals surface area contributed by atoms with Crippen LogP contribution in [0.1, 0.15) is 10.4 Å². The monoisotopic (exact) mass is 471 g/mol. The zero-order valence-corrected chi connectivity index (χ0v) is 19.0. The van der Waals surface area contributed by atoms with Gasteiger partial charge in [-0.15, -0.1) is 0 Å². The van der Waals surface area contributed by atoms with Crippen molar-refractivity contribution in [1.29, 1.82) is 0 Å². The summed E-state index contributed by atoms with van der Waals surface area (Å²) in [5.74, 6) is 0.319. The first-order chi connectivity index (χ1) is 15.3. The summed E-state index contributed by atoms with van der Waals surface area (Å²) in [7, 11) is -3.23. The Kier molecular flexibility index (Phi) is 6.40. The summed E-state index contributed by atoms with van der Waals surface area (Å²) < 4.78 is 24.7. The van der Waals surface area contributed by atoms with Crippen LogP contribution < -0.4 is 5.32 Å². The van der Waals surface area contributed by atoms with E-state index in [2.05, 4.69) is 15.3 Å². The van der Waals surface area contributed by atoms with Crippen molar-refractivity contribution in [3.05, 3.63) is 71.4 Å². The molecule has 10 heteroatoms. The predicted octanol–water partition coefficient (Wildman–Crippen LogP) is 3.26. The molecule has 1 aliphatic rings. The first kappa shape index (κ1) is 22.2. The van der Waals surface area contributed by atoms with Crippen LogP contribution >= 0.6 is 11.6 Å². The van der Waals surface area contributed by atoms with Gasteiger partial charge < -0.3 is 10.2 Å². The molecule has 1 saturated heterocycles. The van der Waals surface area contributed by atoms with Crippen molar-refractivity contribution in [1.82, 2.24) is 19.2 Å². The van der Waals surface area contributed by atoms with Gasteiger partial charge in [0.1, 0.15) is 0 Å². The van der Waals surface area contributed by atoms with Crippen molar-refractivity contribution in [2.45, 2.75) is 0 Å². The molecule has 0 radical (unpaired) electrons. The third-order valence-electron chi connectivity index (χ3n) is 5.18. The fourth-order valence-electron chi connectivity index (χ4n) is 3.43. The maximum Gasteiger partial charge on any atom is 0.253 e. The predicted molar refractivity (Wildman–Crippen MR) is 125 cm³/mol. The van der Waals surface area contributed by atoms with Crippen LogP contribution in [0.25, 0.3) is 11.3 Å². The second-order valence-electron chi connectivity index (χ2n) is 7.43. The molecular formula is C22H22ClN5O3S. The largest absolute Gasteiger partial charge is 0.336 e. The lowest BCUT2D eigenvalue weighted by Gasteiger charge is -2.33. The molecule has 2 heterocycles. The van der Waals surface area contributed by atoms with Crippen molar-refractivity contribution < 1.29 is 13.2 Å². The molecule has 1 aliphatic heterocycles. The van der Waals surface area contributed by atoms with E-state index in [-0.39, 0.29) is 5.91 Å². The molecule has 0 spiro atoms. The maximum atomic E-state index is 12.8. The maximum absolute atomic E-state index is 12.8. The van der Waals surface area contributed by atoms with E-state index in [0.717, 1.165) is 16.9 Å². The number of anilines is 2. The number of carbonyl (C=O) groups excluding carboxylic acids is 1. The molecule has 0 saturated carbocycles. The molecule has 1 N–H and O–H groups in total. The summed E-state index contributed by atoms with van der Waals surface area (Å²) in [6.07, 6.45) is 2.86. The van der Waals surface area contributed by atoms with Crippen molar-refractivity contribution in [3.63, 3.8) is 0 Å². The Hall–Kier alpha value is -3.01. The second-order valence-corrected chi connectivity index (χ2v) is 9.85. The van der Waals surface area contributed by atoms with Crippen LogP contribution in [0.4, 0.5) is 11.6 Å². The van der Waals surface area contributed by atoms with Crippen LogP contribution in [0.3, 0.4) is 0 Å². The Balaban J connectivity index is 1.41. The minimum absolute atomic E-state index is 0.120. The van der Waals surface area contributed by atoms with Gasteiger partial charge in [-0.1, -0.05) is 23.7 Å².